The summed E-state index contributed by atoms with van der Waals surface area (Å²) < 4.78 is 13.8. The molecule has 58 heavy (non-hydrogen) atoms. The molecule has 2 fully saturated rings. The number of amides is 2. The van der Waals surface area contributed by atoms with Crippen LogP contribution in [-0.4, -0.2) is 106 Å². The number of hydrazine groups is 1. The fraction of sp³-hybridized carbons (Fsp3) is 0.535. The van der Waals surface area contributed by atoms with E-state index in [0.717, 1.165) is 71.0 Å². The first-order chi connectivity index (χ1) is 27.4. The zero-order chi connectivity index (χ0) is 41.6. The molecule has 3 aliphatic heterocycles. The van der Waals surface area contributed by atoms with Crippen LogP contribution in [0.1, 0.15) is 71.9 Å². The molecule has 308 valence electrons. The molecule has 15 heteroatoms. The van der Waals surface area contributed by atoms with E-state index in [1.54, 1.807) is 20.8 Å². The van der Waals surface area contributed by atoms with Crippen molar-refractivity contribution in [3.63, 3.8) is 0 Å². The quantitative estimate of drug-likeness (QED) is 0.237. The highest BCUT2D eigenvalue weighted by molar-refractivity contribution is 7.10. The minimum atomic E-state index is -1.01. The molecule has 3 aromatic heterocycles. The molecule has 2 N–H and O–H groups in total. The number of ether oxygens (including phenoxy) is 2. The number of nitrogens with one attached hydrogen (secondary N) is 2. The number of piperazine rings is 1. The lowest BCUT2D eigenvalue weighted by atomic mass is 9.84. The van der Waals surface area contributed by atoms with Crippen molar-refractivity contribution in [1.29, 1.82) is 5.26 Å². The maximum atomic E-state index is 14.1. The Hall–Kier alpha value is -5.04. The van der Waals surface area contributed by atoms with Crippen LogP contribution in [-0.2, 0) is 37.4 Å². The molecule has 0 spiro atoms. The normalized spacial score (nSPS) is 20.9. The molecule has 0 aliphatic carbocycles. The average Bonchev–Trinajstić information content (AvgIpc) is 3.78. The predicted octanol–water partition coefficient (Wildman–Crippen LogP) is 5.89. The van der Waals surface area contributed by atoms with Gasteiger partial charge >= 0.3 is 12.1 Å². The maximum Gasteiger partial charge on any atom is 0.408 e. The number of pyridine rings is 1. The van der Waals surface area contributed by atoms with Crippen LogP contribution in [0.15, 0.2) is 41.9 Å². The summed E-state index contributed by atoms with van der Waals surface area (Å²) >= 11 is 1.41. The lowest BCUT2D eigenvalue weighted by Gasteiger charge is -2.35. The van der Waals surface area contributed by atoms with Crippen molar-refractivity contribution < 1.29 is 23.9 Å². The van der Waals surface area contributed by atoms with Gasteiger partial charge < -0.3 is 29.2 Å². The number of anilines is 1. The molecule has 14 nitrogen and oxygen atoms in total. The van der Waals surface area contributed by atoms with Gasteiger partial charge in [-0.2, -0.15) is 5.26 Å². The molecule has 0 saturated carbocycles. The fourth-order valence-electron chi connectivity index (χ4n) is 7.96. The Bertz CT molecular complexity index is 2240. The van der Waals surface area contributed by atoms with Gasteiger partial charge in [0.1, 0.15) is 29.0 Å². The molecule has 4 aromatic rings. The Balaban J connectivity index is 1.37. The van der Waals surface area contributed by atoms with E-state index in [4.69, 9.17) is 19.4 Å². The number of hydrogen-bond donors (Lipinski definition) is 2. The molecule has 2 saturated heterocycles. The van der Waals surface area contributed by atoms with Crippen LogP contribution < -0.4 is 15.6 Å². The lowest BCUT2D eigenvalue weighted by Crippen LogP contribution is -2.60. The number of nitriles is 1. The number of likely N-dealkylation sites (N-methyl/N-ethyl adjacent to an activating group) is 1. The molecule has 7 rings (SSSR count). The summed E-state index contributed by atoms with van der Waals surface area (Å²) in [7, 11) is 2.13. The maximum absolute atomic E-state index is 14.1. The summed E-state index contributed by atoms with van der Waals surface area (Å²) in [4.78, 5) is 55.3. The van der Waals surface area contributed by atoms with Gasteiger partial charge in [0, 0.05) is 72.6 Å². The number of benzene rings is 1. The predicted molar refractivity (Wildman–Crippen MR) is 224 cm³/mol. The van der Waals surface area contributed by atoms with Gasteiger partial charge in [0.15, 0.2) is 0 Å². The van der Waals surface area contributed by atoms with E-state index in [1.165, 1.54) is 16.3 Å². The third kappa shape index (κ3) is 8.84. The van der Waals surface area contributed by atoms with Gasteiger partial charge in [-0.3, -0.25) is 14.6 Å². The Morgan fingerprint density at radius 3 is 2.55 bits per heavy atom. The van der Waals surface area contributed by atoms with Crippen LogP contribution in [0.25, 0.3) is 33.4 Å². The smallest absolute Gasteiger partial charge is 0.408 e. The number of cyclic esters (lactones) is 1. The standard InChI is InChI=1S/C43H55N9O5S/c1-41(2,3)57-40(55)47-32-22-36-46-33(24-58-36)27-11-12-34-29(20-27)30(23-42(4,5)26-56-39(54)31-10-9-15-51(48-31)38(32)53)37(52(34)43(6,7)25-44)28-13-14-45-35(21-28)50-18-16-49(8)17-19-50/h11-14,20-21,24,31-32,48H,9-10,15-19,22-23,26H2,1-8H3,(H,47,55)/t31-,32-/m0/s1. The van der Waals surface area contributed by atoms with Gasteiger partial charge in [0.05, 0.1) is 34.6 Å². The number of rotatable bonds is 4. The molecule has 6 bridgehead atoms. The molecule has 6 heterocycles. The topological polar surface area (TPSA) is 158 Å². The van der Waals surface area contributed by atoms with E-state index in [-0.39, 0.29) is 13.0 Å². The molecule has 0 unspecified atom stereocenters. The van der Waals surface area contributed by atoms with Crippen LogP contribution in [0.2, 0.25) is 0 Å². The minimum absolute atomic E-state index is 0.117. The first-order valence-corrected chi connectivity index (χ1v) is 21.0. The molecule has 2 atom stereocenters. The van der Waals surface area contributed by atoms with Crippen molar-refractivity contribution in [2.24, 2.45) is 5.41 Å². The summed E-state index contributed by atoms with van der Waals surface area (Å²) in [6, 6.07) is 11.2. The molecule has 2 amide bonds. The fourth-order valence-corrected chi connectivity index (χ4v) is 8.81. The van der Waals surface area contributed by atoms with Crippen molar-refractivity contribution in [3.8, 4) is 28.6 Å². The highest BCUT2D eigenvalue weighted by atomic mass is 32.1. The van der Waals surface area contributed by atoms with Crippen LogP contribution in [0.4, 0.5) is 10.6 Å². The lowest BCUT2D eigenvalue weighted by molar-refractivity contribution is -0.155. The average molecular weight is 810 g/mol. The van der Waals surface area contributed by atoms with Crippen molar-refractivity contribution in [3.05, 3.63) is 52.5 Å². The third-order valence-corrected chi connectivity index (χ3v) is 11.8. The van der Waals surface area contributed by atoms with Crippen molar-refractivity contribution in [1.82, 2.24) is 35.2 Å². The van der Waals surface area contributed by atoms with E-state index in [1.807, 2.05) is 37.6 Å². The van der Waals surface area contributed by atoms with Crippen LogP contribution >= 0.6 is 11.3 Å². The number of alkyl carbamates (subject to hydrolysis) is 1. The van der Waals surface area contributed by atoms with E-state index >= 15 is 0 Å². The monoisotopic (exact) mass is 809 g/mol. The second-order valence-electron chi connectivity index (χ2n) is 18.1. The zero-order valence-corrected chi connectivity index (χ0v) is 35.7. The molecule has 0 radical (unpaired) electrons. The van der Waals surface area contributed by atoms with Crippen LogP contribution in [0.5, 0.6) is 0 Å². The van der Waals surface area contributed by atoms with Crippen molar-refractivity contribution >= 4 is 46.0 Å². The highest BCUT2D eigenvalue weighted by Gasteiger charge is 2.37. The minimum Gasteiger partial charge on any atom is -0.464 e. The number of aromatic nitrogens is 3. The van der Waals surface area contributed by atoms with Crippen molar-refractivity contribution in [2.45, 2.75) is 97.4 Å². The first-order valence-electron chi connectivity index (χ1n) is 20.1. The van der Waals surface area contributed by atoms with Gasteiger partial charge in [0.25, 0.3) is 5.91 Å². The van der Waals surface area contributed by atoms with Crippen molar-refractivity contribution in [2.75, 3.05) is 51.3 Å². The van der Waals surface area contributed by atoms with E-state index in [9.17, 15) is 19.6 Å². The second-order valence-corrected chi connectivity index (χ2v) is 19.0. The highest BCUT2D eigenvalue weighted by Crippen LogP contribution is 2.43. The second kappa shape index (κ2) is 16.0. The van der Waals surface area contributed by atoms with Crippen LogP contribution in [0, 0.1) is 16.7 Å². The summed E-state index contributed by atoms with van der Waals surface area (Å²) in [6.45, 7) is 17.4. The van der Waals surface area contributed by atoms with Gasteiger partial charge in [0.2, 0.25) is 0 Å². The van der Waals surface area contributed by atoms with Crippen LogP contribution in [0.3, 0.4) is 0 Å². The molecular formula is C43H55N9O5S. The summed E-state index contributed by atoms with van der Waals surface area (Å²) in [6.07, 6.45) is 2.84. The number of carbonyl (C=O) groups is 3. The summed E-state index contributed by atoms with van der Waals surface area (Å²) in [5, 5.41) is 18.5. The van der Waals surface area contributed by atoms with Gasteiger partial charge in [-0.1, -0.05) is 19.9 Å². The van der Waals surface area contributed by atoms with Gasteiger partial charge in [-0.05, 0) is 90.8 Å². The summed E-state index contributed by atoms with van der Waals surface area (Å²) in [5.74, 6) is 0.0447. The van der Waals surface area contributed by atoms with Gasteiger partial charge in [-0.25, -0.2) is 20.2 Å². The Morgan fingerprint density at radius 1 is 1.07 bits per heavy atom. The molecule has 1 aromatic carbocycles. The number of esters is 1. The Kier molecular flexibility index (Phi) is 11.3. The number of hydrogen-bond acceptors (Lipinski definition) is 12. The number of fused-ring (bicyclic) bond motifs is 6. The third-order valence-electron chi connectivity index (χ3n) is 11.0. The number of nitrogens with zero attached hydrogens (tertiary/aromatic N) is 7. The summed E-state index contributed by atoms with van der Waals surface area (Å²) in [5.41, 5.74) is 6.25. The number of carbonyl (C=O) groups excluding carboxylic acids is 3. The van der Waals surface area contributed by atoms with E-state index < -0.39 is 46.6 Å². The SMILES string of the molecule is CN1CCN(c2cc(-c3c4c5cc(ccc5n3C(C)(C)C#N)-c3csc(n3)C[C@H](NC(=O)OC(C)(C)C)C(=O)N3CCC[C@H](N3)C(=O)OCC(C)(C)C4)ccn2)CC1. The number of thiazole rings is 1. The van der Waals surface area contributed by atoms with Gasteiger partial charge in [-0.15, -0.1) is 11.3 Å². The zero-order valence-electron chi connectivity index (χ0n) is 34.8. The Morgan fingerprint density at radius 2 is 1.83 bits per heavy atom. The molecule has 3 aliphatic rings. The Labute approximate surface area is 344 Å². The molecular weight excluding hydrogens is 755 g/mol. The van der Waals surface area contributed by atoms with E-state index in [2.05, 4.69) is 70.3 Å². The largest absolute Gasteiger partial charge is 0.464 e. The first kappa shape index (κ1) is 41.1. The van der Waals surface area contributed by atoms with E-state index in [0.29, 0.717) is 30.8 Å².